The molecule has 0 radical (unpaired) electrons. The highest BCUT2D eigenvalue weighted by Crippen LogP contribution is 2.09. The fraction of sp³-hybridized carbons (Fsp3) is 0.333. The lowest BCUT2D eigenvalue weighted by Crippen LogP contribution is -2.21. The van der Waals surface area contributed by atoms with Crippen molar-refractivity contribution in [3.63, 3.8) is 0 Å². The average molecular weight is 257 g/mol. The van der Waals surface area contributed by atoms with Crippen molar-refractivity contribution in [1.82, 2.24) is 4.57 Å². The van der Waals surface area contributed by atoms with Crippen molar-refractivity contribution in [1.29, 1.82) is 5.26 Å². The van der Waals surface area contributed by atoms with Gasteiger partial charge in [-0.3, -0.25) is 4.79 Å². The second kappa shape index (κ2) is 4.82. The molecule has 0 aliphatic heterocycles. The molecule has 0 N–H and O–H groups in total. The van der Waals surface area contributed by atoms with Crippen LogP contribution in [-0.2, 0) is 16.1 Å². The molecule has 5 heteroatoms. The molecule has 1 aromatic heterocycles. The Bertz CT molecular complexity index is 367. The summed E-state index contributed by atoms with van der Waals surface area (Å²) < 4.78 is 6.24. The Morgan fingerprint density at radius 3 is 3.14 bits per heavy atom. The lowest BCUT2D eigenvalue weighted by atomic mass is 10.4. The summed E-state index contributed by atoms with van der Waals surface area (Å²) in [5.74, 6) is -0.345. The van der Waals surface area contributed by atoms with Crippen LogP contribution in [0.2, 0.25) is 0 Å². The Kier molecular flexibility index (Phi) is 3.72. The van der Waals surface area contributed by atoms with Crippen molar-refractivity contribution in [3.05, 3.63) is 24.0 Å². The summed E-state index contributed by atoms with van der Waals surface area (Å²) in [5, 5.41) is 8.71. The lowest BCUT2D eigenvalue weighted by molar-refractivity contribution is -0.140. The molecule has 4 nitrogen and oxygen atoms in total. The van der Waals surface area contributed by atoms with Crippen LogP contribution >= 0.6 is 15.9 Å². The zero-order valence-corrected chi connectivity index (χ0v) is 9.19. The van der Waals surface area contributed by atoms with Crippen molar-refractivity contribution in [2.24, 2.45) is 0 Å². The number of nitrogens with zero attached hydrogens (tertiary/aromatic N) is 2. The minimum Gasteiger partial charge on any atom is -0.468 e. The second-order valence-corrected chi connectivity index (χ2v) is 3.75. The quantitative estimate of drug-likeness (QED) is 0.605. The lowest BCUT2D eigenvalue weighted by Gasteiger charge is -2.09. The van der Waals surface area contributed by atoms with E-state index in [-0.39, 0.29) is 5.97 Å². The predicted octanol–water partition coefficient (Wildman–Crippen LogP) is 1.30. The minimum absolute atomic E-state index is 0.345. The zero-order chi connectivity index (χ0) is 10.6. The molecule has 1 rings (SSSR count). The molecule has 0 aliphatic carbocycles. The van der Waals surface area contributed by atoms with E-state index in [0.29, 0.717) is 12.2 Å². The van der Waals surface area contributed by atoms with E-state index in [1.807, 2.05) is 6.07 Å². The molecule has 1 unspecified atom stereocenters. The highest BCUT2D eigenvalue weighted by molar-refractivity contribution is 9.10. The van der Waals surface area contributed by atoms with Gasteiger partial charge in [-0.05, 0) is 12.1 Å². The Morgan fingerprint density at radius 1 is 1.86 bits per heavy atom. The number of rotatable bonds is 3. The van der Waals surface area contributed by atoms with Gasteiger partial charge in [0.2, 0.25) is 0 Å². The molecule has 0 saturated carbocycles. The summed E-state index contributed by atoms with van der Waals surface area (Å²) in [5.41, 5.74) is 0.526. The number of aromatic nitrogens is 1. The summed E-state index contributed by atoms with van der Waals surface area (Å²) in [4.78, 5) is 10.6. The van der Waals surface area contributed by atoms with Gasteiger partial charge in [-0.1, -0.05) is 15.9 Å². The Labute approximate surface area is 90.2 Å². The number of carbonyl (C=O) groups is 1. The van der Waals surface area contributed by atoms with Gasteiger partial charge in [0.15, 0.2) is 0 Å². The highest BCUT2D eigenvalue weighted by atomic mass is 79.9. The molecule has 1 aromatic rings. The van der Waals surface area contributed by atoms with E-state index in [9.17, 15) is 4.79 Å². The molecular weight excluding hydrogens is 248 g/mol. The van der Waals surface area contributed by atoms with E-state index >= 15 is 0 Å². The predicted molar refractivity (Wildman–Crippen MR) is 53.9 cm³/mol. The van der Waals surface area contributed by atoms with Crippen LogP contribution < -0.4 is 0 Å². The maximum Gasteiger partial charge on any atom is 0.321 e. The molecule has 0 amide bonds. The van der Waals surface area contributed by atoms with Crippen molar-refractivity contribution in [2.45, 2.75) is 11.4 Å². The van der Waals surface area contributed by atoms with Gasteiger partial charge < -0.3 is 9.30 Å². The second-order valence-electron chi connectivity index (χ2n) is 2.65. The highest BCUT2D eigenvalue weighted by Gasteiger charge is 2.16. The fourth-order valence-electron chi connectivity index (χ4n) is 1.05. The summed E-state index contributed by atoms with van der Waals surface area (Å²) in [6, 6.07) is 5.48. The van der Waals surface area contributed by atoms with Crippen LogP contribution in [0.5, 0.6) is 0 Å². The maximum atomic E-state index is 11.1. The van der Waals surface area contributed by atoms with Crippen molar-refractivity contribution in [3.8, 4) is 6.07 Å². The average Bonchev–Trinajstić information content (AvgIpc) is 2.63. The third-order valence-corrected chi connectivity index (χ3v) is 2.42. The number of carbonyl (C=O) groups excluding carboxylic acids is 1. The molecule has 0 spiro atoms. The normalized spacial score (nSPS) is 11.8. The van der Waals surface area contributed by atoms with Gasteiger partial charge in [-0.2, -0.15) is 5.26 Å². The Morgan fingerprint density at radius 2 is 2.57 bits per heavy atom. The van der Waals surface area contributed by atoms with E-state index in [1.54, 1.807) is 22.9 Å². The van der Waals surface area contributed by atoms with Gasteiger partial charge in [0.25, 0.3) is 0 Å². The van der Waals surface area contributed by atoms with Gasteiger partial charge in [-0.15, -0.1) is 0 Å². The molecule has 14 heavy (non-hydrogen) atoms. The molecule has 1 atom stereocenters. The fourth-order valence-corrected chi connectivity index (χ4v) is 1.55. The van der Waals surface area contributed by atoms with E-state index < -0.39 is 4.83 Å². The number of alkyl halides is 1. The number of methoxy groups -OCH3 is 1. The number of ether oxygens (including phenoxy) is 1. The number of halogens is 1. The monoisotopic (exact) mass is 256 g/mol. The molecule has 0 aliphatic rings. The van der Waals surface area contributed by atoms with Crippen LogP contribution in [0.15, 0.2) is 18.3 Å². The molecule has 74 valence electrons. The first kappa shape index (κ1) is 10.8. The third kappa shape index (κ3) is 2.36. The smallest absolute Gasteiger partial charge is 0.321 e. The molecule has 0 fully saturated rings. The SMILES string of the molecule is COC(=O)C(Br)Cn1cccc1C#N. The topological polar surface area (TPSA) is 55.0 Å². The molecule has 1 heterocycles. The number of hydrogen-bond acceptors (Lipinski definition) is 3. The summed E-state index contributed by atoms with van der Waals surface area (Å²) in [6.45, 7) is 0.391. The first-order chi connectivity index (χ1) is 6.69. The third-order valence-electron chi connectivity index (χ3n) is 1.76. The summed E-state index contributed by atoms with van der Waals surface area (Å²) in [6.07, 6.45) is 1.75. The van der Waals surface area contributed by atoms with Crippen molar-refractivity contribution >= 4 is 21.9 Å². The van der Waals surface area contributed by atoms with Crippen molar-refractivity contribution < 1.29 is 9.53 Å². The first-order valence-corrected chi connectivity index (χ1v) is 4.87. The number of nitriles is 1. The standard InChI is InChI=1S/C9H9BrN2O2/c1-14-9(13)8(10)6-12-4-2-3-7(12)5-11/h2-4,8H,6H2,1H3. The largest absolute Gasteiger partial charge is 0.468 e. The minimum atomic E-state index is -0.424. The van der Waals surface area contributed by atoms with Crippen LogP contribution in [0, 0.1) is 11.3 Å². The van der Waals surface area contributed by atoms with Gasteiger partial charge in [0, 0.05) is 12.7 Å². The van der Waals surface area contributed by atoms with E-state index in [0.717, 1.165) is 0 Å². The molecule has 0 aromatic carbocycles. The number of hydrogen-bond donors (Lipinski definition) is 0. The van der Waals surface area contributed by atoms with Crippen LogP contribution in [0.1, 0.15) is 5.69 Å². The number of esters is 1. The van der Waals surface area contributed by atoms with Gasteiger partial charge in [0.1, 0.15) is 16.6 Å². The molecule has 0 saturated heterocycles. The van der Waals surface area contributed by atoms with Gasteiger partial charge in [-0.25, -0.2) is 0 Å². The van der Waals surface area contributed by atoms with Crippen LogP contribution in [0.3, 0.4) is 0 Å². The molecular formula is C9H9BrN2O2. The van der Waals surface area contributed by atoms with Crippen molar-refractivity contribution in [2.75, 3.05) is 7.11 Å². The van der Waals surface area contributed by atoms with E-state index in [1.165, 1.54) is 7.11 Å². The van der Waals surface area contributed by atoms with E-state index in [4.69, 9.17) is 5.26 Å². The summed E-state index contributed by atoms with van der Waals surface area (Å²) in [7, 11) is 1.33. The first-order valence-electron chi connectivity index (χ1n) is 3.96. The zero-order valence-electron chi connectivity index (χ0n) is 7.61. The van der Waals surface area contributed by atoms with Crippen LogP contribution in [-0.4, -0.2) is 22.5 Å². The van der Waals surface area contributed by atoms with Crippen LogP contribution in [0.25, 0.3) is 0 Å². The van der Waals surface area contributed by atoms with Gasteiger partial charge in [0.05, 0.1) is 7.11 Å². The Hall–Kier alpha value is -1.28. The van der Waals surface area contributed by atoms with Crippen LogP contribution in [0.4, 0.5) is 0 Å². The Balaban J connectivity index is 2.70. The van der Waals surface area contributed by atoms with E-state index in [2.05, 4.69) is 20.7 Å². The van der Waals surface area contributed by atoms with Gasteiger partial charge >= 0.3 is 5.97 Å². The summed E-state index contributed by atoms with van der Waals surface area (Å²) >= 11 is 3.18. The molecule has 0 bridgehead atoms. The maximum absolute atomic E-state index is 11.1.